The smallest absolute Gasteiger partial charge is 0.253 e. The Labute approximate surface area is 111 Å². The van der Waals surface area contributed by atoms with E-state index in [-0.39, 0.29) is 18.6 Å². The Morgan fingerprint density at radius 2 is 2.18 bits per heavy atom. The van der Waals surface area contributed by atoms with Gasteiger partial charge < -0.3 is 10.4 Å². The van der Waals surface area contributed by atoms with Gasteiger partial charge >= 0.3 is 0 Å². The number of aliphatic hydroxyl groups is 1. The zero-order chi connectivity index (χ0) is 12.8. The van der Waals surface area contributed by atoms with E-state index in [2.05, 4.69) is 5.32 Å². The van der Waals surface area contributed by atoms with Crippen molar-refractivity contribution in [3.8, 4) is 0 Å². The van der Waals surface area contributed by atoms with Gasteiger partial charge in [-0.1, -0.05) is 23.2 Å². The van der Waals surface area contributed by atoms with Crippen LogP contribution in [0.3, 0.4) is 0 Å². The van der Waals surface area contributed by atoms with Crippen molar-refractivity contribution in [2.45, 2.75) is 25.8 Å². The third-order valence-corrected chi connectivity index (χ3v) is 2.90. The van der Waals surface area contributed by atoms with Gasteiger partial charge in [-0.25, -0.2) is 0 Å². The number of benzene rings is 1. The van der Waals surface area contributed by atoms with Crippen LogP contribution < -0.4 is 5.32 Å². The second-order valence-electron chi connectivity index (χ2n) is 3.86. The van der Waals surface area contributed by atoms with Crippen LogP contribution in [0.25, 0.3) is 0 Å². The summed E-state index contributed by atoms with van der Waals surface area (Å²) in [6.45, 7) is 2.01. The Morgan fingerprint density at radius 3 is 2.76 bits per heavy atom. The summed E-state index contributed by atoms with van der Waals surface area (Å²) in [6.07, 6.45) is 1.39. The highest BCUT2D eigenvalue weighted by Gasteiger charge is 2.12. The lowest BCUT2D eigenvalue weighted by Gasteiger charge is -2.13. The summed E-state index contributed by atoms with van der Waals surface area (Å²) in [4.78, 5) is 11.8. The van der Waals surface area contributed by atoms with Crippen molar-refractivity contribution in [2.75, 3.05) is 6.61 Å². The van der Waals surface area contributed by atoms with Gasteiger partial charge in [0.2, 0.25) is 0 Å². The first-order valence-electron chi connectivity index (χ1n) is 5.41. The second-order valence-corrected chi connectivity index (χ2v) is 4.71. The molecule has 1 atom stereocenters. The quantitative estimate of drug-likeness (QED) is 0.868. The molecule has 0 aromatic heterocycles. The molecule has 1 aromatic rings. The number of aliphatic hydroxyl groups excluding tert-OH is 1. The minimum absolute atomic E-state index is 0.00129. The molecule has 1 aromatic carbocycles. The minimum Gasteiger partial charge on any atom is -0.396 e. The highest BCUT2D eigenvalue weighted by molar-refractivity contribution is 6.36. The van der Waals surface area contributed by atoms with Gasteiger partial charge in [0.15, 0.2) is 0 Å². The maximum absolute atomic E-state index is 11.8. The molecule has 0 aliphatic heterocycles. The number of amides is 1. The predicted octanol–water partition coefficient (Wildman–Crippen LogP) is 2.88. The molecule has 1 amide bonds. The average Bonchev–Trinajstić information content (AvgIpc) is 2.26. The number of carbonyl (C=O) groups is 1. The van der Waals surface area contributed by atoms with E-state index in [1.54, 1.807) is 12.1 Å². The van der Waals surface area contributed by atoms with E-state index in [1.165, 1.54) is 6.07 Å². The molecule has 0 saturated carbocycles. The van der Waals surface area contributed by atoms with Crippen LogP contribution in [0.2, 0.25) is 10.0 Å². The fraction of sp³-hybridized carbons (Fsp3) is 0.417. The molecule has 17 heavy (non-hydrogen) atoms. The van der Waals surface area contributed by atoms with Gasteiger partial charge in [0, 0.05) is 17.7 Å². The molecular formula is C12H15Cl2NO2. The van der Waals surface area contributed by atoms with Crippen LogP contribution in [0.15, 0.2) is 18.2 Å². The molecule has 0 fully saturated rings. The van der Waals surface area contributed by atoms with Crippen LogP contribution in [-0.2, 0) is 0 Å². The van der Waals surface area contributed by atoms with Crippen LogP contribution in [0.1, 0.15) is 30.1 Å². The summed E-state index contributed by atoms with van der Waals surface area (Å²) >= 11 is 11.7. The number of carbonyl (C=O) groups excluding carboxylic acids is 1. The van der Waals surface area contributed by atoms with E-state index in [0.717, 1.165) is 6.42 Å². The molecule has 2 N–H and O–H groups in total. The van der Waals surface area contributed by atoms with Crippen molar-refractivity contribution in [3.05, 3.63) is 33.8 Å². The van der Waals surface area contributed by atoms with Crippen molar-refractivity contribution < 1.29 is 9.90 Å². The van der Waals surface area contributed by atoms with Gasteiger partial charge in [0.05, 0.1) is 10.6 Å². The van der Waals surface area contributed by atoms with E-state index in [9.17, 15) is 4.79 Å². The van der Waals surface area contributed by atoms with Crippen LogP contribution in [0.4, 0.5) is 0 Å². The van der Waals surface area contributed by atoms with Gasteiger partial charge in [-0.15, -0.1) is 0 Å². The number of hydrogen-bond acceptors (Lipinski definition) is 2. The number of rotatable bonds is 5. The first-order chi connectivity index (χ1) is 8.04. The zero-order valence-electron chi connectivity index (χ0n) is 9.54. The topological polar surface area (TPSA) is 49.3 Å². The maximum atomic E-state index is 11.8. The lowest BCUT2D eigenvalue weighted by molar-refractivity contribution is 0.0936. The van der Waals surface area contributed by atoms with Crippen LogP contribution in [-0.4, -0.2) is 23.7 Å². The van der Waals surface area contributed by atoms with E-state index in [4.69, 9.17) is 28.3 Å². The molecule has 0 saturated heterocycles. The summed E-state index contributed by atoms with van der Waals surface area (Å²) in [5.74, 6) is -0.225. The summed E-state index contributed by atoms with van der Waals surface area (Å²) in [6, 6.07) is 4.76. The molecule has 0 aliphatic rings. The fourth-order valence-corrected chi connectivity index (χ4v) is 1.94. The average molecular weight is 276 g/mol. The molecular weight excluding hydrogens is 261 g/mol. The number of halogens is 2. The minimum atomic E-state index is -0.225. The van der Waals surface area contributed by atoms with E-state index >= 15 is 0 Å². The third kappa shape index (κ3) is 4.54. The second kappa shape index (κ2) is 6.84. The van der Waals surface area contributed by atoms with E-state index < -0.39 is 0 Å². The van der Waals surface area contributed by atoms with Gasteiger partial charge in [-0.2, -0.15) is 0 Å². The molecule has 0 heterocycles. The fourth-order valence-electron chi connectivity index (χ4n) is 1.44. The summed E-state index contributed by atoms with van der Waals surface area (Å²) in [7, 11) is 0. The molecule has 94 valence electrons. The lowest BCUT2D eigenvalue weighted by Crippen LogP contribution is -2.32. The molecule has 1 rings (SSSR count). The van der Waals surface area contributed by atoms with Gasteiger partial charge in [0.1, 0.15) is 0 Å². The van der Waals surface area contributed by atoms with Crippen molar-refractivity contribution >= 4 is 29.1 Å². The maximum Gasteiger partial charge on any atom is 0.253 e. The monoisotopic (exact) mass is 275 g/mol. The van der Waals surface area contributed by atoms with Crippen molar-refractivity contribution in [1.82, 2.24) is 5.32 Å². The summed E-state index contributed by atoms with van der Waals surface area (Å²) < 4.78 is 0. The highest BCUT2D eigenvalue weighted by atomic mass is 35.5. The Bertz CT molecular complexity index is 396. The van der Waals surface area contributed by atoms with Gasteiger partial charge in [-0.05, 0) is 38.0 Å². The van der Waals surface area contributed by atoms with E-state index in [1.807, 2.05) is 6.92 Å². The Kier molecular flexibility index (Phi) is 5.75. The number of hydrogen-bond donors (Lipinski definition) is 2. The molecule has 0 bridgehead atoms. The largest absolute Gasteiger partial charge is 0.396 e. The SMILES string of the molecule is CC(CCCO)NC(=O)c1ccc(Cl)cc1Cl. The summed E-state index contributed by atoms with van der Waals surface area (Å²) in [5, 5.41) is 12.3. The lowest BCUT2D eigenvalue weighted by atomic mass is 10.1. The third-order valence-electron chi connectivity index (χ3n) is 2.35. The molecule has 3 nitrogen and oxygen atoms in total. The predicted molar refractivity (Wildman–Crippen MR) is 69.7 cm³/mol. The molecule has 1 unspecified atom stereocenters. The molecule has 0 aliphatic carbocycles. The molecule has 0 spiro atoms. The first-order valence-corrected chi connectivity index (χ1v) is 6.17. The van der Waals surface area contributed by atoms with Crippen LogP contribution in [0, 0.1) is 0 Å². The van der Waals surface area contributed by atoms with Crippen molar-refractivity contribution in [3.63, 3.8) is 0 Å². The van der Waals surface area contributed by atoms with Crippen molar-refractivity contribution in [2.24, 2.45) is 0 Å². The number of nitrogens with one attached hydrogen (secondary N) is 1. The zero-order valence-corrected chi connectivity index (χ0v) is 11.1. The Morgan fingerprint density at radius 1 is 1.47 bits per heavy atom. The van der Waals surface area contributed by atoms with Crippen LogP contribution >= 0.6 is 23.2 Å². The Balaban J connectivity index is 2.63. The van der Waals surface area contributed by atoms with Gasteiger partial charge in [-0.3, -0.25) is 4.79 Å². The normalized spacial score (nSPS) is 12.2. The first kappa shape index (κ1) is 14.3. The van der Waals surface area contributed by atoms with E-state index in [0.29, 0.717) is 22.0 Å². The van der Waals surface area contributed by atoms with Crippen molar-refractivity contribution in [1.29, 1.82) is 0 Å². The highest BCUT2D eigenvalue weighted by Crippen LogP contribution is 2.20. The molecule has 0 radical (unpaired) electrons. The molecule has 5 heteroatoms. The Hall–Kier alpha value is -0.770. The van der Waals surface area contributed by atoms with Gasteiger partial charge in [0.25, 0.3) is 5.91 Å². The van der Waals surface area contributed by atoms with Crippen LogP contribution in [0.5, 0.6) is 0 Å². The summed E-state index contributed by atoms with van der Waals surface area (Å²) in [5.41, 5.74) is 0.409. The standard InChI is InChI=1S/C12H15Cl2NO2/c1-8(3-2-6-16)15-12(17)10-5-4-9(13)7-11(10)14/h4-5,7-8,16H,2-3,6H2,1H3,(H,15,17).